The zero-order valence-electron chi connectivity index (χ0n) is 10.7. The van der Waals surface area contributed by atoms with Gasteiger partial charge in [-0.2, -0.15) is 4.98 Å². The third-order valence-corrected chi connectivity index (χ3v) is 2.21. The van der Waals surface area contributed by atoms with Crippen LogP contribution in [0.2, 0.25) is 0 Å². The van der Waals surface area contributed by atoms with E-state index in [0.717, 1.165) is 5.56 Å². The number of nitrogens with one attached hydrogen (secondary N) is 1. The van der Waals surface area contributed by atoms with Gasteiger partial charge in [0.1, 0.15) is 5.76 Å². The molecular formula is C14H16N2O2. The Balaban J connectivity index is 2.42. The first-order chi connectivity index (χ1) is 8.44. The quantitative estimate of drug-likeness (QED) is 0.882. The highest BCUT2D eigenvalue weighted by Crippen LogP contribution is 2.20. The van der Waals surface area contributed by atoms with Crippen molar-refractivity contribution in [3.63, 3.8) is 0 Å². The number of aromatic nitrogens is 1. The smallest absolute Gasteiger partial charge is 0.298 e. The predicted molar refractivity (Wildman–Crippen MR) is 71.6 cm³/mol. The van der Waals surface area contributed by atoms with E-state index in [-0.39, 0.29) is 17.1 Å². The number of hydrogen-bond donors (Lipinski definition) is 1. The molecule has 0 radical (unpaired) electrons. The van der Waals surface area contributed by atoms with E-state index in [0.29, 0.717) is 5.76 Å². The third kappa shape index (κ3) is 3.20. The van der Waals surface area contributed by atoms with Gasteiger partial charge in [0.2, 0.25) is 0 Å². The summed E-state index contributed by atoms with van der Waals surface area (Å²) in [5.74, 6) is 0.516. The summed E-state index contributed by atoms with van der Waals surface area (Å²) < 4.78 is 5.60. The van der Waals surface area contributed by atoms with Crippen molar-refractivity contribution < 1.29 is 4.42 Å². The zero-order valence-corrected chi connectivity index (χ0v) is 10.7. The Morgan fingerprint density at radius 1 is 1.17 bits per heavy atom. The fourth-order valence-corrected chi connectivity index (χ4v) is 1.52. The van der Waals surface area contributed by atoms with Crippen molar-refractivity contribution in [1.82, 2.24) is 4.98 Å². The van der Waals surface area contributed by atoms with Crippen molar-refractivity contribution in [3.05, 3.63) is 46.8 Å². The first-order valence-corrected chi connectivity index (χ1v) is 5.80. The van der Waals surface area contributed by atoms with Gasteiger partial charge in [-0.1, -0.05) is 30.3 Å². The molecule has 0 unspecified atom stereocenters. The molecule has 2 aromatic rings. The van der Waals surface area contributed by atoms with Crippen LogP contribution in [0.3, 0.4) is 0 Å². The van der Waals surface area contributed by atoms with Crippen molar-refractivity contribution in [2.75, 3.05) is 5.32 Å². The van der Waals surface area contributed by atoms with Crippen molar-refractivity contribution in [2.45, 2.75) is 26.3 Å². The highest BCUT2D eigenvalue weighted by molar-refractivity contribution is 5.56. The molecule has 0 aliphatic carbocycles. The van der Waals surface area contributed by atoms with Gasteiger partial charge in [-0.15, -0.1) is 0 Å². The maximum atomic E-state index is 11.6. The van der Waals surface area contributed by atoms with Crippen LogP contribution >= 0.6 is 0 Å². The van der Waals surface area contributed by atoms with Crippen molar-refractivity contribution in [1.29, 1.82) is 0 Å². The molecule has 4 nitrogen and oxygen atoms in total. The molecule has 0 bridgehead atoms. The average Bonchev–Trinajstić information content (AvgIpc) is 2.27. The van der Waals surface area contributed by atoms with Gasteiger partial charge in [0.25, 0.3) is 11.6 Å². The van der Waals surface area contributed by atoms with Crippen LogP contribution in [0.5, 0.6) is 0 Å². The van der Waals surface area contributed by atoms with Crippen LogP contribution < -0.4 is 10.9 Å². The van der Waals surface area contributed by atoms with Crippen LogP contribution in [0.15, 0.2) is 45.6 Å². The Hall–Kier alpha value is -2.10. The van der Waals surface area contributed by atoms with Crippen LogP contribution in [0.1, 0.15) is 20.8 Å². The first kappa shape index (κ1) is 12.4. The van der Waals surface area contributed by atoms with E-state index in [9.17, 15) is 4.79 Å². The molecule has 0 spiro atoms. The van der Waals surface area contributed by atoms with E-state index in [1.807, 2.05) is 51.1 Å². The molecule has 0 saturated heterocycles. The van der Waals surface area contributed by atoms with Crippen molar-refractivity contribution >= 4 is 6.01 Å². The summed E-state index contributed by atoms with van der Waals surface area (Å²) in [6.45, 7) is 5.93. The molecule has 4 heteroatoms. The summed E-state index contributed by atoms with van der Waals surface area (Å²) in [5.41, 5.74) is 0.332. The summed E-state index contributed by atoms with van der Waals surface area (Å²) in [4.78, 5) is 15.4. The van der Waals surface area contributed by atoms with E-state index in [2.05, 4.69) is 10.3 Å². The fourth-order valence-electron chi connectivity index (χ4n) is 1.52. The minimum absolute atomic E-state index is 0.210. The molecular weight excluding hydrogens is 228 g/mol. The standard InChI is InChI=1S/C14H16N2O2/c1-14(2,3)16-13-15-12(17)9-11(18-13)10-7-5-4-6-8-10/h4-9H,1-3H3,(H,15,16,17). The van der Waals surface area contributed by atoms with Gasteiger partial charge in [-0.3, -0.25) is 4.79 Å². The van der Waals surface area contributed by atoms with Gasteiger partial charge in [-0.05, 0) is 20.8 Å². The largest absolute Gasteiger partial charge is 0.425 e. The molecule has 0 fully saturated rings. The summed E-state index contributed by atoms with van der Waals surface area (Å²) in [6, 6.07) is 11.1. The molecule has 1 aromatic heterocycles. The molecule has 0 aliphatic rings. The Morgan fingerprint density at radius 2 is 1.83 bits per heavy atom. The van der Waals surface area contributed by atoms with Crippen molar-refractivity contribution in [2.24, 2.45) is 0 Å². The third-order valence-electron chi connectivity index (χ3n) is 2.21. The highest BCUT2D eigenvalue weighted by Gasteiger charge is 2.13. The van der Waals surface area contributed by atoms with Gasteiger partial charge in [-0.25, -0.2) is 0 Å². The second kappa shape index (κ2) is 4.64. The normalized spacial score (nSPS) is 11.3. The number of nitrogens with zero attached hydrogens (tertiary/aromatic N) is 1. The van der Waals surface area contributed by atoms with Gasteiger partial charge in [0.05, 0.1) is 0 Å². The molecule has 18 heavy (non-hydrogen) atoms. The highest BCUT2D eigenvalue weighted by atomic mass is 16.4. The van der Waals surface area contributed by atoms with Crippen LogP contribution in [-0.4, -0.2) is 10.5 Å². The monoisotopic (exact) mass is 244 g/mol. The minimum atomic E-state index is -0.313. The molecule has 1 aromatic carbocycles. The Kier molecular flexibility index (Phi) is 3.19. The lowest BCUT2D eigenvalue weighted by atomic mass is 10.1. The number of rotatable bonds is 2. The molecule has 0 saturated carbocycles. The first-order valence-electron chi connectivity index (χ1n) is 5.80. The van der Waals surface area contributed by atoms with Crippen molar-refractivity contribution in [3.8, 4) is 11.3 Å². The van der Waals surface area contributed by atoms with Crippen LogP contribution in [-0.2, 0) is 0 Å². The van der Waals surface area contributed by atoms with E-state index in [1.165, 1.54) is 6.07 Å². The van der Waals surface area contributed by atoms with E-state index in [4.69, 9.17) is 4.42 Å². The minimum Gasteiger partial charge on any atom is -0.425 e. The molecule has 0 amide bonds. The summed E-state index contributed by atoms with van der Waals surface area (Å²) in [5, 5.41) is 3.05. The Morgan fingerprint density at radius 3 is 2.44 bits per heavy atom. The summed E-state index contributed by atoms with van der Waals surface area (Å²) in [6.07, 6.45) is 0. The maximum Gasteiger partial charge on any atom is 0.298 e. The number of hydrogen-bond acceptors (Lipinski definition) is 4. The Bertz CT molecular complexity index is 583. The zero-order chi connectivity index (χ0) is 13.2. The number of anilines is 1. The van der Waals surface area contributed by atoms with Gasteiger partial charge in [0.15, 0.2) is 0 Å². The van der Waals surface area contributed by atoms with Gasteiger partial charge in [0, 0.05) is 17.2 Å². The molecule has 0 atom stereocenters. The number of benzene rings is 1. The molecule has 0 aliphatic heterocycles. The van der Waals surface area contributed by atoms with E-state index < -0.39 is 0 Å². The van der Waals surface area contributed by atoms with Crippen LogP contribution in [0.25, 0.3) is 11.3 Å². The topological polar surface area (TPSA) is 55.1 Å². The molecule has 94 valence electrons. The second-order valence-corrected chi connectivity index (χ2v) is 5.11. The lowest BCUT2D eigenvalue weighted by molar-refractivity contribution is 0.517. The summed E-state index contributed by atoms with van der Waals surface area (Å²) in [7, 11) is 0. The molecule has 1 N–H and O–H groups in total. The van der Waals surface area contributed by atoms with E-state index >= 15 is 0 Å². The summed E-state index contributed by atoms with van der Waals surface area (Å²) >= 11 is 0. The lowest BCUT2D eigenvalue weighted by Crippen LogP contribution is -2.27. The SMILES string of the molecule is CC(C)(C)Nc1nc(=O)cc(-c2ccccc2)o1. The second-order valence-electron chi connectivity index (χ2n) is 5.11. The fraction of sp³-hybridized carbons (Fsp3) is 0.286. The molecule has 1 heterocycles. The van der Waals surface area contributed by atoms with E-state index in [1.54, 1.807) is 0 Å². The van der Waals surface area contributed by atoms with Gasteiger partial charge >= 0.3 is 0 Å². The lowest BCUT2D eigenvalue weighted by Gasteiger charge is -2.19. The Labute approximate surface area is 106 Å². The maximum absolute atomic E-state index is 11.6. The predicted octanol–water partition coefficient (Wildman–Crippen LogP) is 2.91. The molecule has 2 rings (SSSR count). The van der Waals surface area contributed by atoms with Gasteiger partial charge < -0.3 is 9.73 Å². The van der Waals surface area contributed by atoms with Crippen LogP contribution in [0.4, 0.5) is 6.01 Å². The van der Waals surface area contributed by atoms with Crippen LogP contribution in [0, 0.1) is 0 Å². The average molecular weight is 244 g/mol.